The summed E-state index contributed by atoms with van der Waals surface area (Å²) in [7, 11) is 0. The third kappa shape index (κ3) is 4.15. The minimum atomic E-state index is 0.157. The smallest absolute Gasteiger partial charge is 0.237 e. The molecule has 24 heavy (non-hydrogen) atoms. The van der Waals surface area contributed by atoms with E-state index in [1.54, 1.807) is 0 Å². The van der Waals surface area contributed by atoms with E-state index in [1.165, 1.54) is 5.56 Å². The van der Waals surface area contributed by atoms with Gasteiger partial charge in [0.05, 0.1) is 12.6 Å². The molecule has 2 fully saturated rings. The summed E-state index contributed by atoms with van der Waals surface area (Å²) in [5.74, 6) is 0.267. The number of carbonyl (C=O) groups is 1. The predicted octanol–water partition coefficient (Wildman–Crippen LogP) is 1.19. The normalized spacial score (nSPS) is 23.6. The van der Waals surface area contributed by atoms with Crippen LogP contribution in [0.1, 0.15) is 25.5 Å². The number of amides is 1. The van der Waals surface area contributed by atoms with Crippen molar-refractivity contribution in [1.82, 2.24) is 20.0 Å². The summed E-state index contributed by atoms with van der Waals surface area (Å²) < 4.78 is 0. The first-order chi connectivity index (χ1) is 11.6. The molecule has 3 rings (SSSR count). The number of nitrogens with one attached hydrogen (secondary N) is 1. The van der Waals surface area contributed by atoms with Gasteiger partial charge in [0.2, 0.25) is 5.91 Å². The van der Waals surface area contributed by atoms with Crippen LogP contribution in [0.2, 0.25) is 0 Å². The van der Waals surface area contributed by atoms with Crippen LogP contribution in [-0.4, -0.2) is 79.0 Å². The first-order valence-corrected chi connectivity index (χ1v) is 9.16. The zero-order chi connectivity index (χ0) is 16.9. The van der Waals surface area contributed by atoms with Gasteiger partial charge in [-0.1, -0.05) is 30.3 Å². The van der Waals surface area contributed by atoms with Crippen molar-refractivity contribution in [3.05, 3.63) is 35.9 Å². The van der Waals surface area contributed by atoms with E-state index in [9.17, 15) is 4.79 Å². The molecule has 0 saturated carbocycles. The average molecular weight is 330 g/mol. The number of hydrogen-bond donors (Lipinski definition) is 1. The van der Waals surface area contributed by atoms with Crippen molar-refractivity contribution < 1.29 is 4.79 Å². The topological polar surface area (TPSA) is 38.8 Å². The summed E-state index contributed by atoms with van der Waals surface area (Å²) in [6.45, 7) is 11.7. The van der Waals surface area contributed by atoms with Gasteiger partial charge in [-0.3, -0.25) is 14.6 Å². The average Bonchev–Trinajstić information content (AvgIpc) is 2.63. The Morgan fingerprint density at radius 1 is 1.12 bits per heavy atom. The van der Waals surface area contributed by atoms with Crippen molar-refractivity contribution in [1.29, 1.82) is 0 Å². The van der Waals surface area contributed by atoms with Crippen LogP contribution in [0.15, 0.2) is 30.3 Å². The number of piperazine rings is 2. The maximum absolute atomic E-state index is 12.9. The summed E-state index contributed by atoms with van der Waals surface area (Å²) in [5.41, 5.74) is 1.22. The van der Waals surface area contributed by atoms with Crippen LogP contribution >= 0.6 is 0 Å². The van der Waals surface area contributed by atoms with Gasteiger partial charge >= 0.3 is 0 Å². The monoisotopic (exact) mass is 330 g/mol. The van der Waals surface area contributed by atoms with Crippen molar-refractivity contribution in [2.24, 2.45) is 0 Å². The lowest BCUT2D eigenvalue weighted by Crippen LogP contribution is -2.54. The van der Waals surface area contributed by atoms with E-state index >= 15 is 0 Å². The predicted molar refractivity (Wildman–Crippen MR) is 96.9 cm³/mol. The van der Waals surface area contributed by atoms with Crippen LogP contribution in [0.3, 0.4) is 0 Å². The summed E-state index contributed by atoms with van der Waals surface area (Å²) in [6, 6.07) is 11.1. The quantitative estimate of drug-likeness (QED) is 0.900. The number of benzene rings is 1. The molecule has 0 spiro atoms. The van der Waals surface area contributed by atoms with Gasteiger partial charge in [0.15, 0.2) is 0 Å². The van der Waals surface area contributed by atoms with E-state index in [0.717, 1.165) is 45.8 Å². The van der Waals surface area contributed by atoms with Crippen molar-refractivity contribution in [3.8, 4) is 0 Å². The van der Waals surface area contributed by atoms with E-state index in [2.05, 4.69) is 58.1 Å². The summed E-state index contributed by atoms with van der Waals surface area (Å²) >= 11 is 0. The van der Waals surface area contributed by atoms with E-state index in [4.69, 9.17) is 0 Å². The highest BCUT2D eigenvalue weighted by Crippen LogP contribution is 2.22. The molecule has 2 heterocycles. The van der Waals surface area contributed by atoms with Crippen LogP contribution in [0, 0.1) is 0 Å². The van der Waals surface area contributed by atoms with Crippen molar-refractivity contribution in [3.63, 3.8) is 0 Å². The van der Waals surface area contributed by atoms with Gasteiger partial charge in [-0.15, -0.1) is 0 Å². The fourth-order valence-electron chi connectivity index (χ4n) is 3.70. The fraction of sp³-hybridized carbons (Fsp3) is 0.632. The van der Waals surface area contributed by atoms with Gasteiger partial charge in [-0.05, 0) is 19.4 Å². The minimum Gasteiger partial charge on any atom is -0.332 e. The molecular weight excluding hydrogens is 300 g/mol. The van der Waals surface area contributed by atoms with Gasteiger partial charge in [0.25, 0.3) is 0 Å². The summed E-state index contributed by atoms with van der Waals surface area (Å²) in [5, 5.41) is 3.43. The minimum absolute atomic E-state index is 0.157. The van der Waals surface area contributed by atoms with E-state index < -0.39 is 0 Å². The Morgan fingerprint density at radius 2 is 1.83 bits per heavy atom. The third-order valence-corrected chi connectivity index (χ3v) is 5.24. The first-order valence-electron chi connectivity index (χ1n) is 9.16. The van der Waals surface area contributed by atoms with Gasteiger partial charge in [0, 0.05) is 51.9 Å². The maximum atomic E-state index is 12.9. The van der Waals surface area contributed by atoms with E-state index in [-0.39, 0.29) is 11.9 Å². The second kappa shape index (κ2) is 8.10. The molecule has 5 heteroatoms. The molecule has 0 radical (unpaired) electrons. The Hall–Kier alpha value is -1.43. The SMILES string of the molecule is CC(C)N1CCN(CC(=O)N2CCNCC2c2ccccc2)CC1. The molecule has 1 unspecified atom stereocenters. The molecule has 0 aromatic heterocycles. The van der Waals surface area contributed by atoms with Crippen LogP contribution in [-0.2, 0) is 4.79 Å². The lowest BCUT2D eigenvalue weighted by atomic mass is 10.0. The van der Waals surface area contributed by atoms with Gasteiger partial charge in [-0.2, -0.15) is 0 Å². The Labute approximate surface area is 145 Å². The van der Waals surface area contributed by atoms with Gasteiger partial charge < -0.3 is 10.2 Å². The number of rotatable bonds is 4. The van der Waals surface area contributed by atoms with Crippen LogP contribution in [0.25, 0.3) is 0 Å². The van der Waals surface area contributed by atoms with Gasteiger partial charge in [0.1, 0.15) is 0 Å². The fourth-order valence-corrected chi connectivity index (χ4v) is 3.70. The molecule has 2 saturated heterocycles. The third-order valence-electron chi connectivity index (χ3n) is 5.24. The van der Waals surface area contributed by atoms with E-state index in [1.807, 2.05) is 6.07 Å². The Kier molecular flexibility index (Phi) is 5.87. The Morgan fingerprint density at radius 3 is 2.50 bits per heavy atom. The van der Waals surface area contributed by atoms with Gasteiger partial charge in [-0.25, -0.2) is 0 Å². The number of hydrogen-bond acceptors (Lipinski definition) is 4. The van der Waals surface area contributed by atoms with Crippen molar-refractivity contribution in [2.75, 3.05) is 52.4 Å². The van der Waals surface area contributed by atoms with Crippen LogP contribution in [0.4, 0.5) is 0 Å². The molecule has 132 valence electrons. The molecule has 0 aliphatic carbocycles. The molecule has 1 aromatic carbocycles. The Bertz CT molecular complexity index is 525. The van der Waals surface area contributed by atoms with Crippen molar-refractivity contribution in [2.45, 2.75) is 25.9 Å². The van der Waals surface area contributed by atoms with Crippen LogP contribution in [0.5, 0.6) is 0 Å². The zero-order valence-electron chi connectivity index (χ0n) is 14.9. The molecule has 0 bridgehead atoms. The number of carbonyl (C=O) groups excluding carboxylic acids is 1. The second-order valence-corrected chi connectivity index (χ2v) is 7.12. The second-order valence-electron chi connectivity index (χ2n) is 7.12. The molecule has 1 amide bonds. The molecule has 1 N–H and O–H groups in total. The van der Waals surface area contributed by atoms with Crippen LogP contribution < -0.4 is 5.32 Å². The molecule has 1 atom stereocenters. The highest BCUT2D eigenvalue weighted by atomic mass is 16.2. The highest BCUT2D eigenvalue weighted by molar-refractivity contribution is 5.79. The first kappa shape index (κ1) is 17.4. The lowest BCUT2D eigenvalue weighted by Gasteiger charge is -2.40. The standard InChI is InChI=1S/C19H30N4O/c1-16(2)22-12-10-21(11-13-22)15-19(24)23-9-8-20-14-18(23)17-6-4-3-5-7-17/h3-7,16,18,20H,8-15H2,1-2H3. The molecule has 1 aromatic rings. The highest BCUT2D eigenvalue weighted by Gasteiger charge is 2.29. The molecule has 2 aliphatic heterocycles. The molecule has 2 aliphatic rings. The maximum Gasteiger partial charge on any atom is 0.237 e. The molecule has 5 nitrogen and oxygen atoms in total. The molecular formula is C19H30N4O. The summed E-state index contributed by atoms with van der Waals surface area (Å²) in [4.78, 5) is 19.8. The zero-order valence-corrected chi connectivity index (χ0v) is 14.9. The van der Waals surface area contributed by atoms with E-state index in [0.29, 0.717) is 12.6 Å². The Balaban J connectivity index is 1.59. The summed E-state index contributed by atoms with van der Waals surface area (Å²) in [6.07, 6.45) is 0. The largest absolute Gasteiger partial charge is 0.332 e. The number of nitrogens with zero attached hydrogens (tertiary/aromatic N) is 3. The lowest BCUT2D eigenvalue weighted by molar-refractivity contribution is -0.136. The van der Waals surface area contributed by atoms with Crippen molar-refractivity contribution >= 4 is 5.91 Å².